The second-order valence-electron chi connectivity index (χ2n) is 7.37. The van der Waals surface area contributed by atoms with Gasteiger partial charge in [-0.3, -0.25) is 4.79 Å². The fourth-order valence-electron chi connectivity index (χ4n) is 3.68. The molecule has 1 fully saturated rings. The van der Waals surface area contributed by atoms with Crippen molar-refractivity contribution in [3.8, 4) is 16.9 Å². The Morgan fingerprint density at radius 3 is 2.50 bits per heavy atom. The highest BCUT2D eigenvalue weighted by molar-refractivity contribution is 5.93. The molecule has 1 N–H and O–H groups in total. The zero-order valence-corrected chi connectivity index (χ0v) is 17.1. The normalized spacial score (nSPS) is 16.2. The van der Waals surface area contributed by atoms with Gasteiger partial charge in [0, 0.05) is 36.7 Å². The first-order valence-corrected chi connectivity index (χ1v) is 10.4. The van der Waals surface area contributed by atoms with Crippen LogP contribution in [0.15, 0.2) is 67.0 Å². The van der Waals surface area contributed by atoms with Crippen LogP contribution in [0.5, 0.6) is 5.75 Å². The zero-order chi connectivity index (χ0) is 20.8. The lowest BCUT2D eigenvalue weighted by Crippen LogP contribution is -2.41. The Bertz CT molecular complexity index is 959. The van der Waals surface area contributed by atoms with E-state index in [1.807, 2.05) is 73.9 Å². The van der Waals surface area contributed by atoms with Gasteiger partial charge in [0.2, 0.25) is 11.9 Å². The molecule has 0 bridgehead atoms. The number of carbonyl (C=O) groups is 1. The van der Waals surface area contributed by atoms with Crippen molar-refractivity contribution in [2.45, 2.75) is 19.8 Å². The number of nitrogens with one attached hydrogen (secondary N) is 1. The molecule has 0 unspecified atom stereocenters. The molecule has 1 atom stereocenters. The quantitative estimate of drug-likeness (QED) is 0.662. The van der Waals surface area contributed by atoms with Gasteiger partial charge < -0.3 is 15.0 Å². The highest BCUT2D eigenvalue weighted by atomic mass is 16.5. The van der Waals surface area contributed by atoms with E-state index in [0.29, 0.717) is 19.1 Å². The molecule has 30 heavy (non-hydrogen) atoms. The number of nitrogens with zero attached hydrogens (tertiary/aromatic N) is 3. The van der Waals surface area contributed by atoms with Crippen LogP contribution in [0.1, 0.15) is 19.8 Å². The van der Waals surface area contributed by atoms with Crippen molar-refractivity contribution < 1.29 is 9.53 Å². The van der Waals surface area contributed by atoms with E-state index in [9.17, 15) is 4.79 Å². The van der Waals surface area contributed by atoms with E-state index in [0.717, 1.165) is 42.0 Å². The molecular formula is C24H26N4O2. The number of rotatable bonds is 6. The summed E-state index contributed by atoms with van der Waals surface area (Å²) in [6.07, 6.45) is 5.50. The van der Waals surface area contributed by atoms with Crippen molar-refractivity contribution in [1.29, 1.82) is 0 Å². The maximum atomic E-state index is 12.8. The molecule has 6 heteroatoms. The average molecular weight is 402 g/mol. The Morgan fingerprint density at radius 2 is 1.80 bits per heavy atom. The number of amides is 1. The van der Waals surface area contributed by atoms with Crippen molar-refractivity contribution in [3.63, 3.8) is 0 Å². The minimum Gasteiger partial charge on any atom is -0.494 e. The molecule has 2 aromatic carbocycles. The number of piperidine rings is 1. The molecule has 6 nitrogen and oxygen atoms in total. The Hall–Kier alpha value is -3.41. The van der Waals surface area contributed by atoms with Crippen LogP contribution in [0.3, 0.4) is 0 Å². The summed E-state index contributed by atoms with van der Waals surface area (Å²) in [5, 5.41) is 3.02. The van der Waals surface area contributed by atoms with Gasteiger partial charge in [-0.15, -0.1) is 0 Å². The Labute approximate surface area is 176 Å². The first-order valence-electron chi connectivity index (χ1n) is 10.4. The molecule has 0 radical (unpaired) electrons. The monoisotopic (exact) mass is 402 g/mol. The smallest absolute Gasteiger partial charge is 0.229 e. The lowest BCUT2D eigenvalue weighted by atomic mass is 9.97. The molecule has 0 saturated carbocycles. The van der Waals surface area contributed by atoms with E-state index in [-0.39, 0.29) is 11.8 Å². The number of anilines is 2. The summed E-state index contributed by atoms with van der Waals surface area (Å²) < 4.78 is 5.45. The highest BCUT2D eigenvalue weighted by Crippen LogP contribution is 2.24. The molecule has 2 heterocycles. The summed E-state index contributed by atoms with van der Waals surface area (Å²) in [4.78, 5) is 24.0. The molecule has 0 aliphatic carbocycles. The summed E-state index contributed by atoms with van der Waals surface area (Å²) in [6.45, 7) is 4.05. The summed E-state index contributed by atoms with van der Waals surface area (Å²) >= 11 is 0. The molecule has 1 aliphatic heterocycles. The molecule has 0 spiro atoms. The van der Waals surface area contributed by atoms with Gasteiger partial charge in [-0.25, -0.2) is 9.97 Å². The third-order valence-electron chi connectivity index (χ3n) is 5.25. The Kier molecular flexibility index (Phi) is 6.23. The molecular weight excluding hydrogens is 376 g/mol. The fraction of sp³-hybridized carbons (Fsp3) is 0.292. The van der Waals surface area contributed by atoms with Crippen molar-refractivity contribution in [2.75, 3.05) is 29.9 Å². The second kappa shape index (κ2) is 9.39. The van der Waals surface area contributed by atoms with Crippen LogP contribution in [-0.4, -0.2) is 35.6 Å². The zero-order valence-electron chi connectivity index (χ0n) is 17.1. The number of carbonyl (C=O) groups excluding carboxylic acids is 1. The average Bonchev–Trinajstić information content (AvgIpc) is 2.81. The van der Waals surface area contributed by atoms with Gasteiger partial charge in [0.15, 0.2) is 0 Å². The second-order valence-corrected chi connectivity index (χ2v) is 7.37. The van der Waals surface area contributed by atoms with Crippen LogP contribution >= 0.6 is 0 Å². The van der Waals surface area contributed by atoms with Crippen LogP contribution in [0.25, 0.3) is 11.1 Å². The van der Waals surface area contributed by atoms with Gasteiger partial charge in [-0.1, -0.05) is 30.3 Å². The Balaban J connectivity index is 1.38. The predicted molar refractivity (Wildman–Crippen MR) is 119 cm³/mol. The van der Waals surface area contributed by atoms with Crippen LogP contribution < -0.4 is 15.0 Å². The van der Waals surface area contributed by atoms with Crippen LogP contribution in [-0.2, 0) is 4.79 Å². The minimum absolute atomic E-state index is 0.0322. The lowest BCUT2D eigenvalue weighted by molar-refractivity contribution is -0.120. The van der Waals surface area contributed by atoms with E-state index >= 15 is 0 Å². The first-order chi connectivity index (χ1) is 14.7. The summed E-state index contributed by atoms with van der Waals surface area (Å²) in [5.74, 6) is 1.41. The van der Waals surface area contributed by atoms with E-state index in [1.54, 1.807) is 0 Å². The largest absolute Gasteiger partial charge is 0.494 e. The van der Waals surface area contributed by atoms with Crippen molar-refractivity contribution in [2.24, 2.45) is 5.92 Å². The Morgan fingerprint density at radius 1 is 1.07 bits per heavy atom. The van der Waals surface area contributed by atoms with Crippen molar-refractivity contribution in [3.05, 3.63) is 67.0 Å². The number of hydrogen-bond donors (Lipinski definition) is 1. The number of aromatic nitrogens is 2. The third-order valence-corrected chi connectivity index (χ3v) is 5.25. The van der Waals surface area contributed by atoms with Crippen molar-refractivity contribution >= 4 is 17.5 Å². The maximum absolute atomic E-state index is 12.8. The summed E-state index contributed by atoms with van der Waals surface area (Å²) in [5.41, 5.74) is 2.86. The number of benzene rings is 2. The molecule has 1 aliphatic rings. The highest BCUT2D eigenvalue weighted by Gasteiger charge is 2.27. The maximum Gasteiger partial charge on any atom is 0.229 e. The van der Waals surface area contributed by atoms with Gasteiger partial charge in [0.05, 0.1) is 12.5 Å². The standard InChI is InChI=1S/C24H26N4O2/c1-2-30-22-12-10-21(11-13-22)27-23(29)19-9-6-14-28(17-19)24-25-15-20(16-26-24)18-7-4-3-5-8-18/h3-5,7-8,10-13,15-16,19H,2,6,9,14,17H2,1H3,(H,27,29)/t19-/m0/s1. The van der Waals surface area contributed by atoms with Gasteiger partial charge in [-0.05, 0) is 49.6 Å². The van der Waals surface area contributed by atoms with Crippen molar-refractivity contribution in [1.82, 2.24) is 9.97 Å². The predicted octanol–water partition coefficient (Wildman–Crippen LogP) is 4.40. The number of hydrogen-bond acceptors (Lipinski definition) is 5. The number of ether oxygens (including phenoxy) is 1. The van der Waals surface area contributed by atoms with Crippen LogP contribution in [0.2, 0.25) is 0 Å². The van der Waals surface area contributed by atoms with Gasteiger partial charge in [0.25, 0.3) is 0 Å². The van der Waals surface area contributed by atoms with Gasteiger partial charge in [0.1, 0.15) is 5.75 Å². The van der Waals surface area contributed by atoms with Gasteiger partial charge >= 0.3 is 0 Å². The van der Waals surface area contributed by atoms with E-state index < -0.39 is 0 Å². The fourth-order valence-corrected chi connectivity index (χ4v) is 3.68. The molecule has 1 saturated heterocycles. The SMILES string of the molecule is CCOc1ccc(NC(=O)[C@H]2CCCN(c3ncc(-c4ccccc4)cn3)C2)cc1. The molecule has 4 rings (SSSR count). The molecule has 1 aromatic heterocycles. The van der Waals surface area contributed by atoms with Crippen LogP contribution in [0.4, 0.5) is 11.6 Å². The summed E-state index contributed by atoms with van der Waals surface area (Å²) in [6, 6.07) is 17.6. The molecule has 154 valence electrons. The van der Waals surface area contributed by atoms with Crippen LogP contribution in [0, 0.1) is 5.92 Å². The summed E-state index contributed by atoms with van der Waals surface area (Å²) in [7, 11) is 0. The van der Waals surface area contributed by atoms with E-state index in [2.05, 4.69) is 20.2 Å². The third kappa shape index (κ3) is 4.76. The first kappa shape index (κ1) is 19.9. The molecule has 1 amide bonds. The topological polar surface area (TPSA) is 67.3 Å². The van der Waals surface area contributed by atoms with E-state index in [4.69, 9.17) is 4.74 Å². The van der Waals surface area contributed by atoms with Gasteiger partial charge in [-0.2, -0.15) is 0 Å². The minimum atomic E-state index is -0.0947. The van der Waals surface area contributed by atoms with E-state index in [1.165, 1.54) is 0 Å². The lowest BCUT2D eigenvalue weighted by Gasteiger charge is -2.32. The molecule has 3 aromatic rings.